The summed E-state index contributed by atoms with van der Waals surface area (Å²) in [7, 11) is 0. The van der Waals surface area contributed by atoms with Gasteiger partial charge in [-0.2, -0.15) is 0 Å². The highest BCUT2D eigenvalue weighted by molar-refractivity contribution is 5.83. The summed E-state index contributed by atoms with van der Waals surface area (Å²) in [6, 6.07) is 10.3. The Balaban J connectivity index is 1.64. The summed E-state index contributed by atoms with van der Waals surface area (Å²) in [5, 5.41) is 13.9. The van der Waals surface area contributed by atoms with Gasteiger partial charge < -0.3 is 24.3 Å². The molecule has 3 aromatic rings. The lowest BCUT2D eigenvalue weighted by molar-refractivity contribution is 0.171. The van der Waals surface area contributed by atoms with Crippen LogP contribution in [0, 0.1) is 6.92 Å². The van der Waals surface area contributed by atoms with Crippen LogP contribution in [0.2, 0.25) is 0 Å². The second-order valence-electron chi connectivity index (χ2n) is 5.94. The second-order valence-corrected chi connectivity index (χ2v) is 5.94. The number of phenolic OH excluding ortho intramolecular Hbond substituents is 1. The van der Waals surface area contributed by atoms with E-state index in [1.807, 2.05) is 18.2 Å². The average molecular weight is 339 g/mol. The Morgan fingerprint density at radius 2 is 1.88 bits per heavy atom. The van der Waals surface area contributed by atoms with Crippen molar-refractivity contribution in [3.05, 3.63) is 57.9 Å². The molecule has 2 aromatic carbocycles. The molecule has 0 unspecified atom stereocenters. The maximum absolute atomic E-state index is 11.8. The van der Waals surface area contributed by atoms with E-state index < -0.39 is 5.63 Å². The molecule has 128 valence electrons. The monoisotopic (exact) mass is 339 g/mol. The van der Waals surface area contributed by atoms with Crippen molar-refractivity contribution in [1.82, 2.24) is 0 Å². The molecule has 1 aliphatic heterocycles. The number of rotatable bonds is 3. The largest absolute Gasteiger partial charge is 0.508 e. The number of hydrogen-bond acceptors (Lipinski definition) is 6. The van der Waals surface area contributed by atoms with Crippen molar-refractivity contribution in [2.45, 2.75) is 13.5 Å². The predicted molar refractivity (Wildman–Crippen MR) is 93.6 cm³/mol. The molecule has 2 N–H and O–H groups in total. The number of aromatic hydroxyl groups is 1. The second kappa shape index (κ2) is 6.05. The van der Waals surface area contributed by atoms with E-state index in [-0.39, 0.29) is 5.75 Å². The number of fused-ring (bicyclic) bond motifs is 2. The minimum Gasteiger partial charge on any atom is -0.508 e. The molecule has 2 heterocycles. The fourth-order valence-electron chi connectivity index (χ4n) is 2.86. The van der Waals surface area contributed by atoms with Crippen LogP contribution in [-0.2, 0) is 6.54 Å². The molecule has 0 fully saturated rings. The molecule has 0 amide bonds. The van der Waals surface area contributed by atoms with Crippen LogP contribution in [0.5, 0.6) is 17.2 Å². The van der Waals surface area contributed by atoms with Gasteiger partial charge in [0.1, 0.15) is 24.5 Å². The van der Waals surface area contributed by atoms with Crippen LogP contribution in [0.25, 0.3) is 11.0 Å². The van der Waals surface area contributed by atoms with Crippen LogP contribution in [0.15, 0.2) is 45.6 Å². The summed E-state index contributed by atoms with van der Waals surface area (Å²) in [5.41, 5.74) is 2.30. The first-order valence-corrected chi connectivity index (χ1v) is 8.00. The van der Waals surface area contributed by atoms with Crippen LogP contribution in [0.3, 0.4) is 0 Å². The normalized spacial score (nSPS) is 13.0. The zero-order valence-corrected chi connectivity index (χ0v) is 13.7. The molecule has 0 saturated carbocycles. The zero-order chi connectivity index (χ0) is 17.4. The number of hydrogen-bond donors (Lipinski definition) is 2. The molecule has 0 radical (unpaired) electrons. The van der Waals surface area contributed by atoms with E-state index in [9.17, 15) is 9.90 Å². The van der Waals surface area contributed by atoms with Gasteiger partial charge in [0, 0.05) is 29.8 Å². The molecule has 25 heavy (non-hydrogen) atoms. The third-order valence-corrected chi connectivity index (χ3v) is 4.17. The van der Waals surface area contributed by atoms with Gasteiger partial charge in [0.15, 0.2) is 11.5 Å². The van der Waals surface area contributed by atoms with Gasteiger partial charge in [0.2, 0.25) is 0 Å². The van der Waals surface area contributed by atoms with Crippen LogP contribution in [0.1, 0.15) is 11.1 Å². The third kappa shape index (κ3) is 2.98. The Hall–Kier alpha value is -3.15. The highest BCUT2D eigenvalue weighted by Gasteiger charge is 2.13. The Labute approximate surface area is 143 Å². The summed E-state index contributed by atoms with van der Waals surface area (Å²) < 4.78 is 16.3. The van der Waals surface area contributed by atoms with Crippen molar-refractivity contribution in [2.75, 3.05) is 18.5 Å². The summed E-state index contributed by atoms with van der Waals surface area (Å²) in [6.07, 6.45) is 0. The van der Waals surface area contributed by atoms with Gasteiger partial charge in [-0.25, -0.2) is 4.79 Å². The predicted octanol–water partition coefficient (Wildman–Crippen LogP) is 3.19. The molecular formula is C19H17NO5. The molecule has 6 nitrogen and oxygen atoms in total. The molecule has 0 saturated heterocycles. The first-order valence-electron chi connectivity index (χ1n) is 8.00. The number of ether oxygens (including phenoxy) is 2. The lowest BCUT2D eigenvalue weighted by Gasteiger charge is -2.19. The van der Waals surface area contributed by atoms with E-state index in [4.69, 9.17) is 13.9 Å². The smallest absolute Gasteiger partial charge is 0.336 e. The quantitative estimate of drug-likeness (QED) is 0.713. The van der Waals surface area contributed by atoms with Gasteiger partial charge in [-0.1, -0.05) is 0 Å². The first kappa shape index (κ1) is 15.4. The highest BCUT2D eigenvalue weighted by Crippen LogP contribution is 2.33. The molecule has 1 aliphatic rings. The van der Waals surface area contributed by atoms with E-state index in [0.29, 0.717) is 42.0 Å². The Morgan fingerprint density at radius 1 is 1.08 bits per heavy atom. The minimum atomic E-state index is -0.420. The maximum Gasteiger partial charge on any atom is 0.336 e. The van der Waals surface area contributed by atoms with Gasteiger partial charge in [0.25, 0.3) is 0 Å². The summed E-state index contributed by atoms with van der Waals surface area (Å²) in [4.78, 5) is 11.8. The van der Waals surface area contributed by atoms with Crippen molar-refractivity contribution in [3.8, 4) is 17.2 Å². The van der Waals surface area contributed by atoms with E-state index in [1.165, 1.54) is 6.07 Å². The van der Waals surface area contributed by atoms with E-state index >= 15 is 0 Å². The van der Waals surface area contributed by atoms with E-state index in [0.717, 1.165) is 17.0 Å². The summed E-state index contributed by atoms with van der Waals surface area (Å²) >= 11 is 0. The Bertz CT molecular complexity index is 1010. The molecule has 4 rings (SSSR count). The fraction of sp³-hybridized carbons (Fsp3) is 0.211. The molecule has 0 bridgehead atoms. The maximum atomic E-state index is 11.8. The van der Waals surface area contributed by atoms with Crippen LogP contribution < -0.4 is 20.4 Å². The van der Waals surface area contributed by atoms with Gasteiger partial charge in [-0.05, 0) is 42.3 Å². The van der Waals surface area contributed by atoms with Gasteiger partial charge in [-0.3, -0.25) is 0 Å². The summed E-state index contributed by atoms with van der Waals surface area (Å²) in [6.45, 7) is 3.24. The van der Waals surface area contributed by atoms with Crippen LogP contribution in [0.4, 0.5) is 5.69 Å². The van der Waals surface area contributed by atoms with Crippen molar-refractivity contribution < 1.29 is 19.0 Å². The van der Waals surface area contributed by atoms with E-state index in [2.05, 4.69) is 5.32 Å². The first-order chi connectivity index (χ1) is 12.1. The Morgan fingerprint density at radius 3 is 2.72 bits per heavy atom. The number of phenols is 1. The third-order valence-electron chi connectivity index (χ3n) is 4.17. The van der Waals surface area contributed by atoms with Crippen LogP contribution in [-0.4, -0.2) is 18.3 Å². The van der Waals surface area contributed by atoms with Crippen molar-refractivity contribution in [2.24, 2.45) is 0 Å². The van der Waals surface area contributed by atoms with Gasteiger partial charge in [-0.15, -0.1) is 0 Å². The number of benzene rings is 2. The fourth-order valence-corrected chi connectivity index (χ4v) is 2.86. The zero-order valence-electron chi connectivity index (χ0n) is 13.7. The van der Waals surface area contributed by atoms with E-state index in [1.54, 1.807) is 19.1 Å². The molecule has 0 aliphatic carbocycles. The SMILES string of the molecule is Cc1cc2oc(=O)cc(CNc3ccc4c(c3)OCCO4)c2cc1O. The van der Waals surface area contributed by atoms with Crippen molar-refractivity contribution >= 4 is 16.7 Å². The average Bonchev–Trinajstić information content (AvgIpc) is 2.61. The van der Waals surface area contributed by atoms with Crippen LogP contribution >= 0.6 is 0 Å². The standard InChI is InChI=1S/C19H17NO5/c1-11-6-17-14(9-15(11)21)12(7-19(22)25-17)10-20-13-2-3-16-18(8-13)24-5-4-23-16/h2-3,6-9,20-21H,4-5,10H2,1H3. The molecule has 0 atom stereocenters. The molecular weight excluding hydrogens is 322 g/mol. The molecule has 0 spiro atoms. The van der Waals surface area contributed by atoms with Crippen molar-refractivity contribution in [1.29, 1.82) is 0 Å². The van der Waals surface area contributed by atoms with Gasteiger partial charge >= 0.3 is 5.63 Å². The number of aryl methyl sites for hydroxylation is 1. The van der Waals surface area contributed by atoms with Gasteiger partial charge in [0.05, 0.1) is 0 Å². The molecule has 6 heteroatoms. The lowest BCUT2D eigenvalue weighted by atomic mass is 10.1. The van der Waals surface area contributed by atoms with Crippen molar-refractivity contribution in [3.63, 3.8) is 0 Å². The topological polar surface area (TPSA) is 80.9 Å². The number of nitrogens with one attached hydrogen (secondary N) is 1. The summed E-state index contributed by atoms with van der Waals surface area (Å²) in [5.74, 6) is 1.59. The Kier molecular flexibility index (Phi) is 3.72. The number of anilines is 1. The highest BCUT2D eigenvalue weighted by atomic mass is 16.6. The minimum absolute atomic E-state index is 0.168. The molecule has 1 aromatic heterocycles. The lowest BCUT2D eigenvalue weighted by Crippen LogP contribution is -2.15.